The van der Waals surface area contributed by atoms with Crippen molar-refractivity contribution in [2.24, 2.45) is 0 Å². The van der Waals surface area contributed by atoms with E-state index < -0.39 is 0 Å². The van der Waals surface area contributed by atoms with Gasteiger partial charge in [0.25, 0.3) is 0 Å². The SMILES string of the molecule is O=C1CCC(C(=O)N2CCN(Cc3ccc(F)cc3)CC2)N1. The van der Waals surface area contributed by atoms with Crippen LogP contribution in [0.2, 0.25) is 0 Å². The topological polar surface area (TPSA) is 52.7 Å². The van der Waals surface area contributed by atoms with Crippen molar-refractivity contribution < 1.29 is 14.0 Å². The van der Waals surface area contributed by atoms with Gasteiger partial charge in [0.1, 0.15) is 11.9 Å². The molecular weight excluding hydrogens is 285 g/mol. The summed E-state index contributed by atoms with van der Waals surface area (Å²) in [5.74, 6) is -0.224. The van der Waals surface area contributed by atoms with Gasteiger partial charge in [0, 0.05) is 39.1 Å². The van der Waals surface area contributed by atoms with Crippen LogP contribution in [0.4, 0.5) is 4.39 Å². The standard InChI is InChI=1S/C16H20FN3O2/c17-13-3-1-12(2-4-13)11-19-7-9-20(10-8-19)16(22)14-5-6-15(21)18-14/h1-4,14H,5-11H2,(H,18,21). The maximum absolute atomic E-state index is 12.9. The molecule has 0 saturated carbocycles. The molecular formula is C16H20FN3O2. The molecule has 1 atom stereocenters. The first-order valence-electron chi connectivity index (χ1n) is 7.67. The second kappa shape index (κ2) is 6.44. The Kier molecular flexibility index (Phi) is 4.38. The first-order valence-corrected chi connectivity index (χ1v) is 7.67. The largest absolute Gasteiger partial charge is 0.344 e. The van der Waals surface area contributed by atoms with Gasteiger partial charge in [0.05, 0.1) is 0 Å². The fraction of sp³-hybridized carbons (Fsp3) is 0.500. The third-order valence-electron chi connectivity index (χ3n) is 4.30. The van der Waals surface area contributed by atoms with Gasteiger partial charge >= 0.3 is 0 Å². The molecule has 2 saturated heterocycles. The zero-order valence-corrected chi connectivity index (χ0v) is 12.4. The van der Waals surface area contributed by atoms with Crippen molar-refractivity contribution in [3.8, 4) is 0 Å². The van der Waals surface area contributed by atoms with Gasteiger partial charge in [-0.2, -0.15) is 0 Å². The Morgan fingerprint density at radius 1 is 1.18 bits per heavy atom. The molecule has 118 valence electrons. The third-order valence-corrected chi connectivity index (χ3v) is 4.30. The molecule has 5 nitrogen and oxygen atoms in total. The Bertz CT molecular complexity index is 553. The molecule has 2 heterocycles. The number of carbonyl (C=O) groups is 2. The zero-order chi connectivity index (χ0) is 15.5. The average Bonchev–Trinajstić information content (AvgIpc) is 2.96. The fourth-order valence-electron chi connectivity index (χ4n) is 2.99. The van der Waals surface area contributed by atoms with Crippen molar-refractivity contribution in [1.82, 2.24) is 15.1 Å². The van der Waals surface area contributed by atoms with Crippen LogP contribution in [-0.4, -0.2) is 53.8 Å². The first kappa shape index (κ1) is 15.0. The van der Waals surface area contributed by atoms with E-state index >= 15 is 0 Å². The van der Waals surface area contributed by atoms with E-state index in [1.807, 2.05) is 4.90 Å². The summed E-state index contributed by atoms with van der Waals surface area (Å²) in [6.45, 7) is 3.70. The van der Waals surface area contributed by atoms with Crippen LogP contribution >= 0.6 is 0 Å². The summed E-state index contributed by atoms with van der Waals surface area (Å²) in [5, 5.41) is 2.73. The lowest BCUT2D eigenvalue weighted by atomic mass is 10.1. The minimum Gasteiger partial charge on any atom is -0.344 e. The Morgan fingerprint density at radius 2 is 1.86 bits per heavy atom. The molecule has 0 radical (unpaired) electrons. The summed E-state index contributed by atoms with van der Waals surface area (Å²) >= 11 is 0. The predicted molar refractivity (Wildman–Crippen MR) is 79.4 cm³/mol. The van der Waals surface area contributed by atoms with Crippen LogP contribution in [0.3, 0.4) is 0 Å². The number of nitrogens with one attached hydrogen (secondary N) is 1. The summed E-state index contributed by atoms with van der Waals surface area (Å²) in [6.07, 6.45) is 1.05. The molecule has 0 spiro atoms. The second-order valence-electron chi connectivity index (χ2n) is 5.89. The van der Waals surface area contributed by atoms with Crippen LogP contribution < -0.4 is 5.32 Å². The molecule has 1 unspecified atom stereocenters. The van der Waals surface area contributed by atoms with E-state index in [1.54, 1.807) is 12.1 Å². The highest BCUT2D eigenvalue weighted by Crippen LogP contribution is 2.13. The minimum atomic E-state index is -0.337. The monoisotopic (exact) mass is 305 g/mol. The average molecular weight is 305 g/mol. The molecule has 1 aromatic rings. The van der Waals surface area contributed by atoms with Gasteiger partial charge in [-0.05, 0) is 24.1 Å². The lowest BCUT2D eigenvalue weighted by Gasteiger charge is -2.35. The quantitative estimate of drug-likeness (QED) is 0.896. The van der Waals surface area contributed by atoms with E-state index in [1.165, 1.54) is 12.1 Å². The summed E-state index contributed by atoms with van der Waals surface area (Å²) in [6, 6.07) is 6.19. The predicted octanol–water partition coefficient (Wildman–Crippen LogP) is 0.748. The number of hydrogen-bond donors (Lipinski definition) is 1. The van der Waals surface area contributed by atoms with Crippen molar-refractivity contribution in [3.63, 3.8) is 0 Å². The third kappa shape index (κ3) is 3.44. The van der Waals surface area contributed by atoms with Gasteiger partial charge in [-0.3, -0.25) is 14.5 Å². The Labute approximate surface area is 129 Å². The fourth-order valence-corrected chi connectivity index (χ4v) is 2.99. The first-order chi connectivity index (χ1) is 10.6. The molecule has 22 heavy (non-hydrogen) atoms. The number of rotatable bonds is 3. The van der Waals surface area contributed by atoms with E-state index in [0.29, 0.717) is 25.9 Å². The van der Waals surface area contributed by atoms with Crippen molar-refractivity contribution in [2.75, 3.05) is 26.2 Å². The molecule has 6 heteroatoms. The maximum Gasteiger partial charge on any atom is 0.245 e. The van der Waals surface area contributed by atoms with Gasteiger partial charge in [0.15, 0.2) is 0 Å². The minimum absolute atomic E-state index is 0.0340. The molecule has 1 N–H and O–H groups in total. The lowest BCUT2D eigenvalue weighted by molar-refractivity contribution is -0.136. The number of halogens is 1. The number of piperazine rings is 1. The van der Waals surface area contributed by atoms with Crippen LogP contribution in [0.1, 0.15) is 18.4 Å². The van der Waals surface area contributed by atoms with Crippen LogP contribution in [-0.2, 0) is 16.1 Å². The van der Waals surface area contributed by atoms with E-state index in [2.05, 4.69) is 10.2 Å². The summed E-state index contributed by atoms with van der Waals surface area (Å²) < 4.78 is 12.9. The van der Waals surface area contributed by atoms with Crippen LogP contribution in [0.15, 0.2) is 24.3 Å². The van der Waals surface area contributed by atoms with E-state index in [0.717, 1.165) is 25.2 Å². The van der Waals surface area contributed by atoms with Crippen molar-refractivity contribution in [3.05, 3.63) is 35.6 Å². The number of benzene rings is 1. The Morgan fingerprint density at radius 3 is 2.45 bits per heavy atom. The number of nitrogens with zero attached hydrogens (tertiary/aromatic N) is 2. The zero-order valence-electron chi connectivity index (χ0n) is 12.4. The van der Waals surface area contributed by atoms with Gasteiger partial charge < -0.3 is 10.2 Å². The van der Waals surface area contributed by atoms with E-state index in [-0.39, 0.29) is 23.7 Å². The van der Waals surface area contributed by atoms with Crippen molar-refractivity contribution in [1.29, 1.82) is 0 Å². The molecule has 3 rings (SSSR count). The lowest BCUT2D eigenvalue weighted by Crippen LogP contribution is -2.53. The highest BCUT2D eigenvalue weighted by molar-refractivity contribution is 5.90. The molecule has 2 aliphatic heterocycles. The normalized spacial score (nSPS) is 22.7. The van der Waals surface area contributed by atoms with Gasteiger partial charge in [-0.1, -0.05) is 12.1 Å². The maximum atomic E-state index is 12.9. The number of hydrogen-bond acceptors (Lipinski definition) is 3. The smallest absolute Gasteiger partial charge is 0.245 e. The molecule has 2 fully saturated rings. The Hall–Kier alpha value is -1.95. The highest BCUT2D eigenvalue weighted by Gasteiger charge is 2.32. The van der Waals surface area contributed by atoms with Gasteiger partial charge in [-0.15, -0.1) is 0 Å². The summed E-state index contributed by atoms with van der Waals surface area (Å²) in [4.78, 5) is 27.6. The van der Waals surface area contributed by atoms with Crippen molar-refractivity contribution in [2.45, 2.75) is 25.4 Å². The molecule has 1 aromatic carbocycles. The second-order valence-corrected chi connectivity index (χ2v) is 5.89. The number of amides is 2. The van der Waals surface area contributed by atoms with Crippen LogP contribution in [0.5, 0.6) is 0 Å². The van der Waals surface area contributed by atoms with E-state index in [9.17, 15) is 14.0 Å². The number of carbonyl (C=O) groups excluding carboxylic acids is 2. The molecule has 0 bridgehead atoms. The molecule has 2 aliphatic rings. The molecule has 0 aliphatic carbocycles. The van der Waals surface area contributed by atoms with Gasteiger partial charge in [-0.25, -0.2) is 4.39 Å². The van der Waals surface area contributed by atoms with Gasteiger partial charge in [0.2, 0.25) is 11.8 Å². The van der Waals surface area contributed by atoms with E-state index in [4.69, 9.17) is 0 Å². The Balaban J connectivity index is 1.48. The van der Waals surface area contributed by atoms with Crippen LogP contribution in [0, 0.1) is 5.82 Å². The van der Waals surface area contributed by atoms with Crippen LogP contribution in [0.25, 0.3) is 0 Å². The molecule has 0 aromatic heterocycles. The molecule has 2 amide bonds. The summed E-state index contributed by atoms with van der Waals surface area (Å²) in [5.41, 5.74) is 1.07. The summed E-state index contributed by atoms with van der Waals surface area (Å²) in [7, 11) is 0. The highest BCUT2D eigenvalue weighted by atomic mass is 19.1. The van der Waals surface area contributed by atoms with Crippen molar-refractivity contribution >= 4 is 11.8 Å².